The Morgan fingerprint density at radius 2 is 2.00 bits per heavy atom. The van der Waals surface area contributed by atoms with Gasteiger partial charge in [-0.05, 0) is 0 Å². The summed E-state index contributed by atoms with van der Waals surface area (Å²) in [4.78, 5) is 10.7. The number of alkyl halides is 3. The number of rotatable bonds is 0. The van der Waals surface area contributed by atoms with Crippen LogP contribution in [0.25, 0.3) is 0 Å². The molecule has 0 saturated heterocycles. The Bertz CT molecular complexity index is 236. The van der Waals surface area contributed by atoms with Crippen molar-refractivity contribution < 1.29 is 18.0 Å². The molecule has 1 rings (SSSR count). The van der Waals surface area contributed by atoms with Crippen molar-refractivity contribution in [3.05, 3.63) is 0 Å². The van der Waals surface area contributed by atoms with Crippen LogP contribution < -0.4 is 0 Å². The van der Waals surface area contributed by atoms with Crippen molar-refractivity contribution in [1.29, 1.82) is 0 Å². The SMILES string of the molecule is C#CC1CC(=O)CC1C(F)(F)F. The largest absolute Gasteiger partial charge is 0.393 e. The van der Waals surface area contributed by atoms with Crippen molar-refractivity contribution in [2.45, 2.75) is 19.0 Å². The summed E-state index contributed by atoms with van der Waals surface area (Å²) < 4.78 is 36.4. The molecule has 1 nitrogen and oxygen atoms in total. The minimum atomic E-state index is -4.33. The Balaban J connectivity index is 2.79. The van der Waals surface area contributed by atoms with Crippen LogP contribution in [-0.4, -0.2) is 12.0 Å². The fourth-order valence-electron chi connectivity index (χ4n) is 1.38. The minimum absolute atomic E-state index is 0.124. The molecule has 1 aliphatic carbocycles. The molecule has 0 aromatic carbocycles. The average molecular weight is 176 g/mol. The molecule has 0 amide bonds. The van der Waals surface area contributed by atoms with E-state index < -0.39 is 24.4 Å². The maximum absolute atomic E-state index is 12.1. The minimum Gasteiger partial charge on any atom is -0.300 e. The van der Waals surface area contributed by atoms with Gasteiger partial charge >= 0.3 is 6.18 Å². The van der Waals surface area contributed by atoms with Crippen molar-refractivity contribution in [3.63, 3.8) is 0 Å². The topological polar surface area (TPSA) is 17.1 Å². The van der Waals surface area contributed by atoms with Crippen LogP contribution in [0.4, 0.5) is 13.2 Å². The van der Waals surface area contributed by atoms with E-state index in [-0.39, 0.29) is 12.2 Å². The maximum Gasteiger partial charge on any atom is 0.393 e. The van der Waals surface area contributed by atoms with Crippen LogP contribution in [0.3, 0.4) is 0 Å². The lowest BCUT2D eigenvalue weighted by Crippen LogP contribution is -2.25. The summed E-state index contributed by atoms with van der Waals surface area (Å²) in [6.45, 7) is 0. The number of terminal acetylenes is 1. The molecule has 1 saturated carbocycles. The predicted octanol–water partition coefficient (Wildman–Crippen LogP) is 1.78. The molecule has 0 heterocycles. The van der Waals surface area contributed by atoms with Crippen molar-refractivity contribution >= 4 is 5.78 Å². The van der Waals surface area contributed by atoms with Crippen LogP contribution in [0.2, 0.25) is 0 Å². The van der Waals surface area contributed by atoms with Gasteiger partial charge in [-0.15, -0.1) is 12.3 Å². The number of ketones is 1. The Kier molecular flexibility index (Phi) is 2.14. The molecule has 0 aliphatic heterocycles. The van der Waals surface area contributed by atoms with E-state index in [0.717, 1.165) is 0 Å². The normalized spacial score (nSPS) is 30.3. The molecule has 0 N–H and O–H groups in total. The zero-order valence-corrected chi connectivity index (χ0v) is 6.19. The summed E-state index contributed by atoms with van der Waals surface area (Å²) in [5.74, 6) is -0.941. The summed E-state index contributed by atoms with van der Waals surface area (Å²) in [6, 6.07) is 0. The van der Waals surface area contributed by atoms with Gasteiger partial charge in [0.15, 0.2) is 0 Å². The van der Waals surface area contributed by atoms with Gasteiger partial charge in [-0.2, -0.15) is 13.2 Å². The third-order valence-electron chi connectivity index (χ3n) is 2.02. The van der Waals surface area contributed by atoms with Crippen molar-refractivity contribution in [2.75, 3.05) is 0 Å². The zero-order chi connectivity index (χ0) is 9.35. The molecule has 0 aromatic rings. The Morgan fingerprint density at radius 3 is 2.33 bits per heavy atom. The number of carbonyl (C=O) groups is 1. The van der Waals surface area contributed by atoms with E-state index in [4.69, 9.17) is 6.42 Å². The Labute approximate surface area is 67.9 Å². The fourth-order valence-corrected chi connectivity index (χ4v) is 1.38. The van der Waals surface area contributed by atoms with E-state index in [1.54, 1.807) is 0 Å². The molecule has 4 heteroatoms. The van der Waals surface area contributed by atoms with Gasteiger partial charge in [0.25, 0.3) is 0 Å². The Hall–Kier alpha value is -0.980. The quantitative estimate of drug-likeness (QED) is 0.514. The van der Waals surface area contributed by atoms with E-state index in [0.29, 0.717) is 0 Å². The molecule has 0 aromatic heterocycles. The van der Waals surface area contributed by atoms with E-state index in [1.165, 1.54) is 0 Å². The highest BCUT2D eigenvalue weighted by Gasteiger charge is 2.49. The first-order valence-electron chi connectivity index (χ1n) is 3.49. The lowest BCUT2D eigenvalue weighted by molar-refractivity contribution is -0.179. The van der Waals surface area contributed by atoms with E-state index >= 15 is 0 Å². The molecule has 2 atom stereocenters. The van der Waals surface area contributed by atoms with E-state index in [9.17, 15) is 18.0 Å². The first-order chi connectivity index (χ1) is 5.45. The van der Waals surface area contributed by atoms with E-state index in [1.807, 2.05) is 5.92 Å². The third-order valence-corrected chi connectivity index (χ3v) is 2.02. The second-order valence-corrected chi connectivity index (χ2v) is 2.87. The van der Waals surface area contributed by atoms with Crippen LogP contribution in [-0.2, 0) is 4.79 Å². The molecule has 66 valence electrons. The van der Waals surface area contributed by atoms with Gasteiger partial charge in [-0.1, -0.05) is 0 Å². The van der Waals surface area contributed by atoms with Gasteiger partial charge in [0.1, 0.15) is 5.78 Å². The molecule has 1 fully saturated rings. The molecule has 0 radical (unpaired) electrons. The molecular formula is C8H7F3O. The summed E-state index contributed by atoms with van der Waals surface area (Å²) in [7, 11) is 0. The zero-order valence-electron chi connectivity index (χ0n) is 6.19. The fraction of sp³-hybridized carbons (Fsp3) is 0.625. The van der Waals surface area contributed by atoms with Gasteiger partial charge in [0.05, 0.1) is 5.92 Å². The molecule has 0 bridgehead atoms. The van der Waals surface area contributed by atoms with Gasteiger partial charge in [-0.3, -0.25) is 4.79 Å². The third kappa shape index (κ3) is 1.60. The number of Topliss-reactive ketones (excluding diaryl/α,β-unsaturated/α-hetero) is 1. The lowest BCUT2D eigenvalue weighted by Gasteiger charge is -2.16. The summed E-state index contributed by atoms with van der Waals surface area (Å²) >= 11 is 0. The number of hydrogen-bond donors (Lipinski definition) is 0. The first-order valence-corrected chi connectivity index (χ1v) is 3.49. The summed E-state index contributed by atoms with van der Waals surface area (Å²) in [6.07, 6.45) is -0.0197. The molecule has 2 unspecified atom stereocenters. The van der Waals surface area contributed by atoms with Crippen LogP contribution in [0.1, 0.15) is 12.8 Å². The van der Waals surface area contributed by atoms with Crippen LogP contribution >= 0.6 is 0 Å². The van der Waals surface area contributed by atoms with Crippen molar-refractivity contribution in [2.24, 2.45) is 11.8 Å². The Morgan fingerprint density at radius 1 is 1.42 bits per heavy atom. The second kappa shape index (κ2) is 2.81. The standard InChI is InChI=1S/C8H7F3O/c1-2-5-3-6(12)4-7(5)8(9,10)11/h1,5,7H,3-4H2. The predicted molar refractivity (Wildman–Crippen MR) is 36.1 cm³/mol. The van der Waals surface area contributed by atoms with Crippen LogP contribution in [0, 0.1) is 24.2 Å². The number of hydrogen-bond acceptors (Lipinski definition) is 1. The van der Waals surface area contributed by atoms with Crippen LogP contribution in [0.15, 0.2) is 0 Å². The smallest absolute Gasteiger partial charge is 0.300 e. The summed E-state index contributed by atoms with van der Waals surface area (Å²) in [5, 5.41) is 0. The van der Waals surface area contributed by atoms with Gasteiger partial charge in [-0.25, -0.2) is 0 Å². The highest BCUT2D eigenvalue weighted by molar-refractivity contribution is 5.81. The maximum atomic E-state index is 12.1. The first kappa shape index (κ1) is 9.11. The highest BCUT2D eigenvalue weighted by atomic mass is 19.4. The summed E-state index contributed by atoms with van der Waals surface area (Å²) in [5.41, 5.74) is 0. The monoisotopic (exact) mass is 176 g/mol. The average Bonchev–Trinajstić information content (AvgIpc) is 2.29. The van der Waals surface area contributed by atoms with E-state index in [2.05, 4.69) is 0 Å². The van der Waals surface area contributed by atoms with Gasteiger partial charge in [0, 0.05) is 18.8 Å². The molecule has 1 aliphatic rings. The van der Waals surface area contributed by atoms with Crippen LogP contribution in [0.5, 0.6) is 0 Å². The highest BCUT2D eigenvalue weighted by Crippen LogP contribution is 2.40. The van der Waals surface area contributed by atoms with Crippen molar-refractivity contribution in [3.8, 4) is 12.3 Å². The van der Waals surface area contributed by atoms with Crippen molar-refractivity contribution in [1.82, 2.24) is 0 Å². The molecule has 12 heavy (non-hydrogen) atoms. The number of carbonyl (C=O) groups excluding carboxylic acids is 1. The second-order valence-electron chi connectivity index (χ2n) is 2.87. The number of halogens is 3. The lowest BCUT2D eigenvalue weighted by atomic mass is 9.97. The molecule has 0 spiro atoms. The molecular weight excluding hydrogens is 169 g/mol. The van der Waals surface area contributed by atoms with Gasteiger partial charge in [0.2, 0.25) is 0 Å². The van der Waals surface area contributed by atoms with Gasteiger partial charge < -0.3 is 0 Å².